The Labute approximate surface area is 59.6 Å². The quantitative estimate of drug-likeness (QED) is 0.249. The number of thiocarbonyl (C=S) groups is 1. The van der Waals surface area contributed by atoms with E-state index in [0.717, 1.165) is 0 Å². The van der Waals surface area contributed by atoms with Gasteiger partial charge < -0.3 is 16.9 Å². The Hall–Kier alpha value is -0.280. The van der Waals surface area contributed by atoms with Crippen molar-refractivity contribution in [3.05, 3.63) is 0 Å². The minimum absolute atomic E-state index is 0. The van der Waals surface area contributed by atoms with Crippen LogP contribution in [-0.4, -0.2) is 23.9 Å². The van der Waals surface area contributed by atoms with E-state index in [1.807, 2.05) is 0 Å². The number of hydrogen-bond acceptors (Lipinski definition) is 2. The molecule has 0 aromatic carbocycles. The Balaban J connectivity index is -0.0000000720. The van der Waals surface area contributed by atoms with E-state index >= 15 is 0 Å². The fraction of sp³-hybridized carbons (Fsp3) is 0. The van der Waals surface area contributed by atoms with Gasteiger partial charge in [-0.25, -0.2) is 0 Å². The average molecular weight is 176 g/mol. The molecule has 0 spiro atoms. The summed E-state index contributed by atoms with van der Waals surface area (Å²) >= 11 is 1.48. The van der Waals surface area contributed by atoms with Gasteiger partial charge in [0.05, 0.1) is 0 Å². The Bertz CT molecular complexity index is 74.6. The molecule has 0 aliphatic rings. The fourth-order valence-corrected chi connectivity index (χ4v) is 0. The molecule has 0 bridgehead atoms. The largest absolute Gasteiger partial charge is 0.412 e. The Kier molecular flexibility index (Phi) is 18.8. The van der Waals surface area contributed by atoms with E-state index in [1.165, 1.54) is 0 Å². The smallest absolute Gasteiger partial charge is 0.299 e. The summed E-state index contributed by atoms with van der Waals surface area (Å²) in [6.45, 7) is 0. The van der Waals surface area contributed by atoms with E-state index < -0.39 is 11.4 Å². The summed E-state index contributed by atoms with van der Waals surface area (Å²) in [5, 5.41) is 0.000000000000000222. The average Bonchev–Trinajstić information content (AvgIpc) is 1.25. The predicted octanol–water partition coefficient (Wildman–Crippen LogP) is -1.95. The zero-order chi connectivity index (χ0) is 7.15. The second-order valence-electron chi connectivity index (χ2n) is 0.633. The van der Waals surface area contributed by atoms with Crippen LogP contribution >= 0.6 is 12.2 Å². The highest BCUT2D eigenvalue weighted by Crippen LogP contribution is 1.44. The molecule has 6 nitrogen and oxygen atoms in total. The summed E-state index contributed by atoms with van der Waals surface area (Å²) in [4.78, 5) is 0. The molecule has 0 amide bonds. The van der Waals surface area contributed by atoms with Crippen molar-refractivity contribution in [1.29, 1.82) is 0 Å². The summed E-state index contributed by atoms with van der Waals surface area (Å²) in [5.41, 5.74) is 9.24. The lowest BCUT2D eigenvalue weighted by atomic mass is 11.3. The number of nitrogens with two attached hydrogens (primary N) is 2. The van der Waals surface area contributed by atoms with Gasteiger partial charge in [0.15, 0.2) is 5.11 Å². The van der Waals surface area contributed by atoms with E-state index in [4.69, 9.17) is 13.3 Å². The summed E-state index contributed by atoms with van der Waals surface area (Å²) in [5.74, 6) is 0. The van der Waals surface area contributed by atoms with Crippen LogP contribution < -0.4 is 11.5 Å². The minimum Gasteiger partial charge on any atom is -0.412 e. The third-order valence-electron chi connectivity index (χ3n) is 0. The highest BCUT2D eigenvalue weighted by molar-refractivity contribution is 7.80. The molecular weight excluding hydrogens is 168 g/mol. The van der Waals surface area contributed by atoms with E-state index in [0.29, 0.717) is 0 Å². The SMILES string of the molecule is NC(N)=S.O.O=S(O)O. The second-order valence-corrected chi connectivity index (χ2v) is 1.57. The fourth-order valence-electron chi connectivity index (χ4n) is 0. The van der Waals surface area contributed by atoms with Crippen LogP contribution in [0.25, 0.3) is 0 Å². The first-order valence-corrected chi connectivity index (χ1v) is 2.79. The molecule has 0 aromatic heterocycles. The van der Waals surface area contributed by atoms with E-state index in [9.17, 15) is 0 Å². The van der Waals surface area contributed by atoms with Gasteiger partial charge in [0.2, 0.25) is 0 Å². The van der Waals surface area contributed by atoms with Crippen molar-refractivity contribution in [2.24, 2.45) is 11.5 Å². The van der Waals surface area contributed by atoms with Crippen molar-refractivity contribution in [1.82, 2.24) is 0 Å². The van der Waals surface area contributed by atoms with Gasteiger partial charge in [-0.05, 0) is 12.2 Å². The van der Waals surface area contributed by atoms with Crippen LogP contribution in [0.4, 0.5) is 0 Å². The van der Waals surface area contributed by atoms with Gasteiger partial charge in [0.1, 0.15) is 0 Å². The summed E-state index contributed by atoms with van der Waals surface area (Å²) < 4.78 is 22.8. The van der Waals surface area contributed by atoms with Gasteiger partial charge >= 0.3 is 0 Å². The zero-order valence-corrected chi connectivity index (χ0v) is 5.91. The van der Waals surface area contributed by atoms with Crippen molar-refractivity contribution in [3.63, 3.8) is 0 Å². The molecule has 9 heavy (non-hydrogen) atoms. The highest BCUT2D eigenvalue weighted by atomic mass is 32.2. The lowest BCUT2D eigenvalue weighted by Gasteiger charge is -1.68. The molecule has 8 heteroatoms. The minimum atomic E-state index is -2.61. The molecule has 0 aliphatic heterocycles. The lowest BCUT2D eigenvalue weighted by molar-refractivity contribution is 0.454. The van der Waals surface area contributed by atoms with E-state index in [1.54, 1.807) is 0 Å². The van der Waals surface area contributed by atoms with Crippen molar-refractivity contribution < 1.29 is 18.8 Å². The second kappa shape index (κ2) is 10.7. The molecule has 0 radical (unpaired) electrons. The van der Waals surface area contributed by atoms with Gasteiger partial charge in [-0.1, -0.05) is 0 Å². The normalized spacial score (nSPS) is 6.56. The van der Waals surface area contributed by atoms with Crippen LogP contribution in [0, 0.1) is 0 Å². The molecule has 0 saturated carbocycles. The van der Waals surface area contributed by atoms with Crippen LogP contribution in [-0.2, 0) is 11.4 Å². The van der Waals surface area contributed by atoms with Crippen LogP contribution in [0.3, 0.4) is 0 Å². The molecule has 0 rings (SSSR count). The first-order valence-electron chi connectivity index (χ1n) is 1.31. The standard InChI is InChI=1S/CH4N2S.H2O3S.H2O/c2-1(3)4;1-4(2)3;/h(H4,2,3,4);(H2,1,2,3);1H2. The first kappa shape index (κ1) is 15.9. The molecule has 8 N–H and O–H groups in total. The first-order chi connectivity index (χ1) is 3.46. The monoisotopic (exact) mass is 176 g/mol. The van der Waals surface area contributed by atoms with Crippen molar-refractivity contribution in [2.45, 2.75) is 0 Å². The van der Waals surface area contributed by atoms with Gasteiger partial charge in [-0.15, -0.1) is 0 Å². The summed E-state index contributed by atoms with van der Waals surface area (Å²) in [6, 6.07) is 0. The maximum atomic E-state index is 8.67. The van der Waals surface area contributed by atoms with E-state index in [2.05, 4.69) is 23.7 Å². The van der Waals surface area contributed by atoms with Crippen molar-refractivity contribution in [2.75, 3.05) is 0 Å². The van der Waals surface area contributed by atoms with Crippen LogP contribution in [0.15, 0.2) is 0 Å². The number of hydrogen-bond donors (Lipinski definition) is 4. The Morgan fingerprint density at radius 3 is 1.44 bits per heavy atom. The molecule has 0 saturated heterocycles. The van der Waals surface area contributed by atoms with Gasteiger partial charge in [0.25, 0.3) is 11.4 Å². The van der Waals surface area contributed by atoms with Gasteiger partial charge in [0, 0.05) is 0 Å². The molecule has 0 fully saturated rings. The molecule has 58 valence electrons. The van der Waals surface area contributed by atoms with Crippen LogP contribution in [0.2, 0.25) is 0 Å². The predicted molar refractivity (Wildman–Crippen MR) is 38.0 cm³/mol. The summed E-state index contributed by atoms with van der Waals surface area (Å²) in [6.07, 6.45) is 0. The molecule has 0 unspecified atom stereocenters. The lowest BCUT2D eigenvalue weighted by Crippen LogP contribution is -2.18. The molecule has 0 aromatic rings. The maximum Gasteiger partial charge on any atom is 0.299 e. The van der Waals surface area contributed by atoms with Gasteiger partial charge in [-0.2, -0.15) is 4.21 Å². The topological polar surface area (TPSA) is 141 Å². The van der Waals surface area contributed by atoms with Crippen LogP contribution in [0.1, 0.15) is 0 Å². The van der Waals surface area contributed by atoms with Crippen molar-refractivity contribution >= 4 is 28.7 Å². The molecule has 0 atom stereocenters. The van der Waals surface area contributed by atoms with E-state index in [-0.39, 0.29) is 10.6 Å². The number of rotatable bonds is 0. The molecule has 0 heterocycles. The van der Waals surface area contributed by atoms with Gasteiger partial charge in [-0.3, -0.25) is 9.11 Å². The Morgan fingerprint density at radius 2 is 1.44 bits per heavy atom. The molecular formula is CH8N2O4S2. The summed E-state index contributed by atoms with van der Waals surface area (Å²) in [7, 11) is 0. The zero-order valence-electron chi connectivity index (χ0n) is 4.27. The van der Waals surface area contributed by atoms with Crippen LogP contribution in [0.5, 0.6) is 0 Å². The van der Waals surface area contributed by atoms with Crippen molar-refractivity contribution in [3.8, 4) is 0 Å². The highest BCUT2D eigenvalue weighted by Gasteiger charge is 1.62. The third kappa shape index (κ3) is 3220. The Morgan fingerprint density at radius 1 is 1.44 bits per heavy atom. The maximum absolute atomic E-state index is 8.67. The third-order valence-corrected chi connectivity index (χ3v) is 0. The molecule has 0 aliphatic carbocycles.